The summed E-state index contributed by atoms with van der Waals surface area (Å²) in [5.41, 5.74) is 1.28. The van der Waals surface area contributed by atoms with Gasteiger partial charge in [0.2, 0.25) is 15.9 Å². The van der Waals surface area contributed by atoms with E-state index in [1.807, 2.05) is 7.05 Å². The summed E-state index contributed by atoms with van der Waals surface area (Å²) in [5, 5.41) is 0. The largest absolute Gasteiger partial charge is 0.497 e. The summed E-state index contributed by atoms with van der Waals surface area (Å²) in [4.78, 5) is 19.7. The zero-order valence-corrected chi connectivity index (χ0v) is 25.1. The number of benzene rings is 1. The van der Waals surface area contributed by atoms with E-state index in [-0.39, 0.29) is 30.6 Å². The molecule has 1 saturated heterocycles. The first-order chi connectivity index (χ1) is 18.0. The molecule has 0 N–H and O–H groups in total. The Morgan fingerprint density at radius 1 is 1.00 bits per heavy atom. The van der Waals surface area contributed by atoms with E-state index in [1.54, 1.807) is 38.0 Å². The van der Waals surface area contributed by atoms with Gasteiger partial charge in [0, 0.05) is 59.9 Å². The van der Waals surface area contributed by atoms with Crippen LogP contribution in [-0.2, 0) is 19.6 Å². The predicted octanol–water partition coefficient (Wildman–Crippen LogP) is 2.46. The van der Waals surface area contributed by atoms with Crippen LogP contribution in [0.2, 0.25) is 0 Å². The summed E-state index contributed by atoms with van der Waals surface area (Å²) >= 11 is 0. The number of piperazine rings is 1. The summed E-state index contributed by atoms with van der Waals surface area (Å²) in [6, 6.07) is 3.44. The fraction of sp³-hybridized carbons (Fsp3) is 0.750. The third-order valence-electron chi connectivity index (χ3n) is 8.15. The van der Waals surface area contributed by atoms with E-state index < -0.39 is 10.0 Å². The van der Waals surface area contributed by atoms with Crippen molar-refractivity contribution in [3.8, 4) is 5.75 Å². The molecular formula is C28H48N4O5S. The number of carbonyl (C=O) groups excluding carboxylic acids is 1. The number of methoxy groups -OCH3 is 1. The number of aryl methyl sites for hydroxylation is 2. The maximum Gasteiger partial charge on any atom is 0.248 e. The molecule has 1 saturated carbocycles. The molecule has 0 radical (unpaired) electrons. The normalized spacial score (nSPS) is 21.6. The number of sulfonamides is 1. The zero-order chi connectivity index (χ0) is 27.9. The minimum absolute atomic E-state index is 0.0380. The first-order valence-corrected chi connectivity index (χ1v) is 15.3. The van der Waals surface area contributed by atoms with E-state index in [4.69, 9.17) is 9.47 Å². The zero-order valence-electron chi connectivity index (χ0n) is 24.2. The fourth-order valence-corrected chi connectivity index (χ4v) is 7.21. The van der Waals surface area contributed by atoms with Crippen LogP contribution in [0, 0.1) is 25.7 Å². The Labute approximate surface area is 230 Å². The van der Waals surface area contributed by atoms with Crippen molar-refractivity contribution in [2.45, 2.75) is 44.4 Å². The summed E-state index contributed by atoms with van der Waals surface area (Å²) in [7, 11) is 3.45. The molecule has 10 heteroatoms. The van der Waals surface area contributed by atoms with Crippen molar-refractivity contribution in [1.29, 1.82) is 0 Å². The molecule has 1 aromatic rings. The number of ether oxygens (including phenoxy) is 2. The minimum Gasteiger partial charge on any atom is -0.497 e. The molecule has 0 spiro atoms. The Morgan fingerprint density at radius 2 is 1.58 bits per heavy atom. The quantitative estimate of drug-likeness (QED) is 0.369. The molecule has 1 aliphatic heterocycles. The lowest BCUT2D eigenvalue weighted by Gasteiger charge is -2.37. The summed E-state index contributed by atoms with van der Waals surface area (Å²) in [5.74, 6) is 1.89. The van der Waals surface area contributed by atoms with E-state index in [0.29, 0.717) is 22.8 Å². The molecule has 38 heavy (non-hydrogen) atoms. The van der Waals surface area contributed by atoms with Crippen LogP contribution >= 0.6 is 0 Å². The van der Waals surface area contributed by atoms with Crippen molar-refractivity contribution in [3.05, 3.63) is 23.3 Å². The summed E-state index contributed by atoms with van der Waals surface area (Å²) in [6.07, 6.45) is 4.82. The van der Waals surface area contributed by atoms with Gasteiger partial charge in [-0.2, -0.15) is 4.31 Å². The lowest BCUT2D eigenvalue weighted by atomic mass is 9.81. The van der Waals surface area contributed by atoms with Gasteiger partial charge in [-0.15, -0.1) is 0 Å². The van der Waals surface area contributed by atoms with Crippen molar-refractivity contribution in [2.24, 2.45) is 11.8 Å². The van der Waals surface area contributed by atoms with E-state index in [9.17, 15) is 13.2 Å². The molecule has 0 unspecified atom stereocenters. The van der Waals surface area contributed by atoms with Gasteiger partial charge in [0.15, 0.2) is 0 Å². The van der Waals surface area contributed by atoms with E-state index in [1.165, 1.54) is 69.8 Å². The van der Waals surface area contributed by atoms with Crippen LogP contribution in [-0.4, -0.2) is 121 Å². The van der Waals surface area contributed by atoms with Gasteiger partial charge in [0.25, 0.3) is 0 Å². The van der Waals surface area contributed by atoms with Gasteiger partial charge < -0.3 is 24.2 Å². The third-order valence-corrected chi connectivity index (χ3v) is 10.3. The van der Waals surface area contributed by atoms with Gasteiger partial charge in [0.05, 0.1) is 18.6 Å². The number of nitrogens with zero attached hydrogens (tertiary/aromatic N) is 4. The average molecular weight is 553 g/mol. The number of hydrogen-bond donors (Lipinski definition) is 0. The molecule has 0 aromatic heterocycles. The molecule has 1 aliphatic carbocycles. The highest BCUT2D eigenvalue weighted by Crippen LogP contribution is 2.30. The monoisotopic (exact) mass is 552 g/mol. The van der Waals surface area contributed by atoms with E-state index in [0.717, 1.165) is 12.5 Å². The van der Waals surface area contributed by atoms with Crippen LogP contribution in [0.1, 0.15) is 36.8 Å². The minimum atomic E-state index is -3.68. The van der Waals surface area contributed by atoms with Crippen molar-refractivity contribution in [1.82, 2.24) is 19.0 Å². The SMILES string of the molecule is COc1cc(C)c(S(=O)(=O)N(C)CCOCC(=O)N(C)C[C@H]2CC[C@H](CN3CCN(C)CC3)CC2)c(C)c1. The van der Waals surface area contributed by atoms with Gasteiger partial charge >= 0.3 is 0 Å². The van der Waals surface area contributed by atoms with Gasteiger partial charge in [-0.25, -0.2) is 8.42 Å². The molecular weight excluding hydrogens is 504 g/mol. The summed E-state index contributed by atoms with van der Waals surface area (Å²) in [6.45, 7) is 10.5. The second-order valence-electron chi connectivity index (χ2n) is 11.2. The third kappa shape index (κ3) is 8.39. The highest BCUT2D eigenvalue weighted by atomic mass is 32.2. The van der Waals surface area contributed by atoms with Crippen LogP contribution in [0.4, 0.5) is 0 Å². The van der Waals surface area contributed by atoms with Gasteiger partial charge in [-0.05, 0) is 81.7 Å². The van der Waals surface area contributed by atoms with Crippen molar-refractivity contribution in [2.75, 3.05) is 87.3 Å². The average Bonchev–Trinajstić information content (AvgIpc) is 2.88. The maximum absolute atomic E-state index is 13.1. The van der Waals surface area contributed by atoms with Crippen LogP contribution in [0.3, 0.4) is 0 Å². The second kappa shape index (κ2) is 14.1. The number of rotatable bonds is 12. The Morgan fingerprint density at radius 3 is 2.16 bits per heavy atom. The Hall–Kier alpha value is -1.72. The van der Waals surface area contributed by atoms with Crippen LogP contribution in [0.5, 0.6) is 5.75 Å². The molecule has 3 rings (SSSR count). The second-order valence-corrected chi connectivity index (χ2v) is 13.2. The summed E-state index contributed by atoms with van der Waals surface area (Å²) < 4.78 is 38.4. The first kappa shape index (κ1) is 30.8. The molecule has 0 atom stereocenters. The topological polar surface area (TPSA) is 82.6 Å². The van der Waals surface area contributed by atoms with Gasteiger partial charge in [-0.3, -0.25) is 4.79 Å². The van der Waals surface area contributed by atoms with E-state index >= 15 is 0 Å². The highest BCUT2D eigenvalue weighted by Gasteiger charge is 2.27. The molecule has 2 fully saturated rings. The lowest BCUT2D eigenvalue weighted by Crippen LogP contribution is -2.46. The van der Waals surface area contributed by atoms with Gasteiger partial charge in [0.1, 0.15) is 12.4 Å². The molecule has 1 amide bonds. The predicted molar refractivity (Wildman–Crippen MR) is 150 cm³/mol. The Kier molecular flexibility index (Phi) is 11.4. The standard InChI is InChI=1S/C28H48N4O5S/c1-22-17-26(36-6)18-23(2)28(22)38(34,35)31(5)15-16-37-21-27(33)30(4)19-24-7-9-25(10-8-24)20-32-13-11-29(3)12-14-32/h17-18,24-25H,7-16,19-21H2,1-6H3/t24-,25-. The van der Waals surface area contributed by atoms with Gasteiger partial charge in [-0.1, -0.05) is 0 Å². The highest BCUT2D eigenvalue weighted by molar-refractivity contribution is 7.89. The first-order valence-electron chi connectivity index (χ1n) is 13.9. The molecule has 0 bridgehead atoms. The fourth-order valence-electron chi connectivity index (χ4n) is 5.66. The number of carbonyl (C=O) groups is 1. The lowest BCUT2D eigenvalue weighted by molar-refractivity contribution is -0.135. The number of hydrogen-bond acceptors (Lipinski definition) is 7. The van der Waals surface area contributed by atoms with Crippen LogP contribution < -0.4 is 4.74 Å². The molecule has 1 aromatic carbocycles. The van der Waals surface area contributed by atoms with Crippen LogP contribution in [0.15, 0.2) is 17.0 Å². The molecule has 216 valence electrons. The Balaban J connectivity index is 1.35. The van der Waals surface area contributed by atoms with Crippen LogP contribution in [0.25, 0.3) is 0 Å². The van der Waals surface area contributed by atoms with Crippen molar-refractivity contribution < 1.29 is 22.7 Å². The molecule has 1 heterocycles. The molecule has 2 aliphatic rings. The maximum atomic E-state index is 13.1. The van der Waals surface area contributed by atoms with E-state index in [2.05, 4.69) is 16.8 Å². The number of amides is 1. The Bertz CT molecular complexity index is 995. The van der Waals surface area contributed by atoms with Crippen molar-refractivity contribution >= 4 is 15.9 Å². The number of likely N-dealkylation sites (N-methyl/N-ethyl adjacent to an activating group) is 3. The smallest absolute Gasteiger partial charge is 0.248 e. The molecule has 9 nitrogen and oxygen atoms in total. The van der Waals surface area contributed by atoms with Crippen molar-refractivity contribution in [3.63, 3.8) is 0 Å².